The number of aryl methyl sites for hydroxylation is 2. The van der Waals surface area contributed by atoms with E-state index in [0.717, 1.165) is 21.0 Å². The largest absolute Gasteiger partial charge is 0.495 e. The molecular weight excluding hydrogens is 538 g/mol. The Morgan fingerprint density at radius 1 is 1.03 bits per heavy atom. The summed E-state index contributed by atoms with van der Waals surface area (Å²) in [6.45, 7) is 7.11. The highest BCUT2D eigenvalue weighted by Gasteiger charge is 2.34. The minimum atomic E-state index is -4.24. The molecule has 0 aliphatic rings. The van der Waals surface area contributed by atoms with E-state index in [-0.39, 0.29) is 33.8 Å². The van der Waals surface area contributed by atoms with Gasteiger partial charge >= 0.3 is 0 Å². The molecule has 10 heteroatoms. The number of carbonyl (C=O) groups is 2. The van der Waals surface area contributed by atoms with Crippen LogP contribution in [0.15, 0.2) is 71.6 Å². The SMILES string of the molecule is CCNC(=O)[C@@H](C)N(Cc1ccccc1C)C(=O)CN(c1cc(Cl)ccc1OC)S(=O)(=O)c1ccc(C)cc1. The molecule has 0 bridgehead atoms. The number of nitrogens with one attached hydrogen (secondary N) is 1. The lowest BCUT2D eigenvalue weighted by atomic mass is 10.1. The van der Waals surface area contributed by atoms with Gasteiger partial charge in [-0.3, -0.25) is 13.9 Å². The maximum absolute atomic E-state index is 14.0. The maximum atomic E-state index is 14.0. The monoisotopic (exact) mass is 571 g/mol. The Morgan fingerprint density at radius 3 is 2.31 bits per heavy atom. The summed E-state index contributed by atoms with van der Waals surface area (Å²) in [5, 5.41) is 3.02. The number of rotatable bonds is 11. The molecule has 3 aromatic rings. The number of hydrogen-bond acceptors (Lipinski definition) is 5. The number of likely N-dealkylation sites (N-methyl/N-ethyl adjacent to an activating group) is 1. The highest BCUT2D eigenvalue weighted by molar-refractivity contribution is 7.92. The second-order valence-electron chi connectivity index (χ2n) is 9.16. The van der Waals surface area contributed by atoms with Crippen molar-refractivity contribution in [3.05, 3.63) is 88.4 Å². The molecule has 39 heavy (non-hydrogen) atoms. The topological polar surface area (TPSA) is 96.0 Å². The molecule has 0 aliphatic heterocycles. The molecule has 3 rings (SSSR count). The van der Waals surface area contributed by atoms with Crippen molar-refractivity contribution < 1.29 is 22.7 Å². The zero-order valence-corrected chi connectivity index (χ0v) is 24.3. The molecule has 0 aliphatic carbocycles. The first-order chi connectivity index (χ1) is 18.5. The first kappa shape index (κ1) is 30.0. The number of carbonyl (C=O) groups excluding carboxylic acids is 2. The van der Waals surface area contributed by atoms with Gasteiger partial charge in [-0.1, -0.05) is 53.6 Å². The number of anilines is 1. The van der Waals surface area contributed by atoms with Gasteiger partial charge < -0.3 is 15.0 Å². The molecule has 0 saturated heterocycles. The number of nitrogens with zero attached hydrogens (tertiary/aromatic N) is 2. The third-order valence-corrected chi connectivity index (χ3v) is 8.43. The lowest BCUT2D eigenvalue weighted by molar-refractivity contribution is -0.139. The van der Waals surface area contributed by atoms with Crippen LogP contribution in [0, 0.1) is 13.8 Å². The van der Waals surface area contributed by atoms with Gasteiger partial charge in [0.05, 0.1) is 17.7 Å². The van der Waals surface area contributed by atoms with Gasteiger partial charge in [-0.2, -0.15) is 0 Å². The summed E-state index contributed by atoms with van der Waals surface area (Å²) in [6.07, 6.45) is 0. The Labute approximate surface area is 235 Å². The number of ether oxygens (including phenoxy) is 1. The van der Waals surface area contributed by atoms with E-state index in [9.17, 15) is 18.0 Å². The number of hydrogen-bond donors (Lipinski definition) is 1. The second kappa shape index (κ2) is 13.0. The third-order valence-electron chi connectivity index (χ3n) is 6.42. The third kappa shape index (κ3) is 7.10. The van der Waals surface area contributed by atoms with Crippen LogP contribution in [0.3, 0.4) is 0 Å². The molecule has 0 heterocycles. The van der Waals surface area contributed by atoms with Gasteiger partial charge in [0.1, 0.15) is 18.3 Å². The van der Waals surface area contributed by atoms with Crippen molar-refractivity contribution in [2.24, 2.45) is 0 Å². The van der Waals surface area contributed by atoms with Crippen molar-refractivity contribution in [1.82, 2.24) is 10.2 Å². The number of methoxy groups -OCH3 is 1. The fraction of sp³-hybridized carbons (Fsp3) is 0.310. The van der Waals surface area contributed by atoms with E-state index in [1.807, 2.05) is 38.1 Å². The highest BCUT2D eigenvalue weighted by Crippen LogP contribution is 2.35. The van der Waals surface area contributed by atoms with Crippen LogP contribution in [0.25, 0.3) is 0 Å². The zero-order valence-electron chi connectivity index (χ0n) is 22.8. The van der Waals surface area contributed by atoms with E-state index in [4.69, 9.17) is 16.3 Å². The molecule has 2 amide bonds. The van der Waals surface area contributed by atoms with Crippen LogP contribution in [0.4, 0.5) is 5.69 Å². The van der Waals surface area contributed by atoms with Gasteiger partial charge in [0, 0.05) is 18.1 Å². The minimum absolute atomic E-state index is 0.00477. The summed E-state index contributed by atoms with van der Waals surface area (Å²) >= 11 is 6.26. The lowest BCUT2D eigenvalue weighted by Gasteiger charge is -2.32. The predicted octanol–water partition coefficient (Wildman–Crippen LogP) is 4.71. The van der Waals surface area contributed by atoms with Crippen molar-refractivity contribution in [3.63, 3.8) is 0 Å². The molecule has 208 valence electrons. The summed E-state index contributed by atoms with van der Waals surface area (Å²) < 4.78 is 34.4. The normalized spacial score (nSPS) is 11.9. The average molecular weight is 572 g/mol. The molecular formula is C29H34ClN3O5S. The number of halogens is 1. The lowest BCUT2D eigenvalue weighted by Crippen LogP contribution is -2.51. The van der Waals surface area contributed by atoms with Gasteiger partial charge in [-0.15, -0.1) is 0 Å². The van der Waals surface area contributed by atoms with Crippen molar-refractivity contribution in [1.29, 1.82) is 0 Å². The van der Waals surface area contributed by atoms with Crippen molar-refractivity contribution in [3.8, 4) is 5.75 Å². The Kier molecular flexibility index (Phi) is 9.99. The van der Waals surface area contributed by atoms with Gasteiger partial charge in [0.2, 0.25) is 11.8 Å². The molecule has 0 fully saturated rings. The van der Waals surface area contributed by atoms with Crippen LogP contribution in [-0.4, -0.2) is 51.4 Å². The Bertz CT molecular complexity index is 1430. The van der Waals surface area contributed by atoms with Gasteiger partial charge in [0.15, 0.2) is 0 Å². The van der Waals surface area contributed by atoms with E-state index < -0.39 is 28.5 Å². The van der Waals surface area contributed by atoms with E-state index in [1.165, 1.54) is 30.2 Å². The summed E-state index contributed by atoms with van der Waals surface area (Å²) in [7, 11) is -2.83. The van der Waals surface area contributed by atoms with Crippen LogP contribution in [0.2, 0.25) is 5.02 Å². The molecule has 1 N–H and O–H groups in total. The summed E-state index contributed by atoms with van der Waals surface area (Å²) in [5.41, 5.74) is 2.78. The van der Waals surface area contributed by atoms with Crippen molar-refractivity contribution in [2.45, 2.75) is 45.2 Å². The Morgan fingerprint density at radius 2 is 1.69 bits per heavy atom. The summed E-state index contributed by atoms with van der Waals surface area (Å²) in [4.78, 5) is 28.2. The predicted molar refractivity (Wildman–Crippen MR) is 154 cm³/mol. The highest BCUT2D eigenvalue weighted by atomic mass is 35.5. The molecule has 0 saturated carbocycles. The van der Waals surface area contributed by atoms with Crippen LogP contribution in [-0.2, 0) is 26.2 Å². The fourth-order valence-corrected chi connectivity index (χ4v) is 5.67. The summed E-state index contributed by atoms with van der Waals surface area (Å²) in [5.74, 6) is -0.674. The van der Waals surface area contributed by atoms with E-state index >= 15 is 0 Å². The molecule has 8 nitrogen and oxygen atoms in total. The smallest absolute Gasteiger partial charge is 0.264 e. The Hall–Kier alpha value is -3.56. The van der Waals surface area contributed by atoms with Gasteiger partial charge in [-0.05, 0) is 69.2 Å². The first-order valence-electron chi connectivity index (χ1n) is 12.5. The average Bonchev–Trinajstić information content (AvgIpc) is 2.91. The number of amides is 2. The molecule has 0 aromatic heterocycles. The van der Waals surface area contributed by atoms with Crippen molar-refractivity contribution >= 4 is 39.1 Å². The first-order valence-corrected chi connectivity index (χ1v) is 14.4. The van der Waals surface area contributed by atoms with Crippen molar-refractivity contribution in [2.75, 3.05) is 24.5 Å². The molecule has 3 aromatic carbocycles. The molecule has 1 atom stereocenters. The number of benzene rings is 3. The molecule has 0 radical (unpaired) electrons. The number of sulfonamides is 1. The van der Waals surface area contributed by atoms with Gasteiger partial charge in [-0.25, -0.2) is 8.42 Å². The van der Waals surface area contributed by atoms with Crippen LogP contribution in [0.5, 0.6) is 5.75 Å². The molecule has 0 unspecified atom stereocenters. The van der Waals surface area contributed by atoms with Gasteiger partial charge in [0.25, 0.3) is 10.0 Å². The van der Waals surface area contributed by atoms with Crippen LogP contribution >= 0.6 is 11.6 Å². The van der Waals surface area contributed by atoms with E-state index in [1.54, 1.807) is 38.1 Å². The minimum Gasteiger partial charge on any atom is -0.495 e. The van der Waals surface area contributed by atoms with E-state index in [2.05, 4.69) is 5.32 Å². The second-order valence-corrected chi connectivity index (χ2v) is 11.5. The maximum Gasteiger partial charge on any atom is 0.264 e. The fourth-order valence-electron chi connectivity index (χ4n) is 4.08. The summed E-state index contributed by atoms with van der Waals surface area (Å²) in [6, 6.07) is 17.6. The zero-order chi connectivity index (χ0) is 28.7. The van der Waals surface area contributed by atoms with Crippen LogP contribution in [0.1, 0.15) is 30.5 Å². The molecule has 0 spiro atoms. The standard InChI is InChI=1S/C29H34ClN3O5S/c1-6-31-29(35)22(4)32(18-23-10-8-7-9-21(23)3)28(34)19-33(26-17-24(30)13-16-27(26)38-5)39(36,37)25-14-11-20(2)12-15-25/h7-17,22H,6,18-19H2,1-5H3,(H,31,35)/t22-/m1/s1. The van der Waals surface area contributed by atoms with E-state index in [0.29, 0.717) is 6.54 Å². The van der Waals surface area contributed by atoms with Crippen LogP contribution < -0.4 is 14.4 Å². The quantitative estimate of drug-likeness (QED) is 0.359. The Balaban J connectivity index is 2.11.